The average molecular weight is 362 g/mol. The summed E-state index contributed by atoms with van der Waals surface area (Å²) in [6, 6.07) is 6.99. The zero-order chi connectivity index (χ0) is 19.3. The number of hydrogen-bond donors (Lipinski definition) is 1. The van der Waals surface area contributed by atoms with E-state index in [9.17, 15) is 14.4 Å². The molecule has 1 N–H and O–H groups in total. The Hall–Kier alpha value is -2.57. The van der Waals surface area contributed by atoms with Gasteiger partial charge in [-0.2, -0.15) is 0 Å². The molecule has 7 nitrogen and oxygen atoms in total. The van der Waals surface area contributed by atoms with Gasteiger partial charge in [0.25, 0.3) is 11.8 Å². The van der Waals surface area contributed by atoms with Crippen molar-refractivity contribution in [3.05, 3.63) is 24.3 Å². The molecule has 1 heterocycles. The van der Waals surface area contributed by atoms with Crippen molar-refractivity contribution in [3.63, 3.8) is 0 Å². The molecule has 0 aliphatic carbocycles. The van der Waals surface area contributed by atoms with Gasteiger partial charge < -0.3 is 14.8 Å². The summed E-state index contributed by atoms with van der Waals surface area (Å²) in [4.78, 5) is 38.2. The number of ether oxygens (including phenoxy) is 2. The fraction of sp³-hybridized carbons (Fsp3) is 0.526. The van der Waals surface area contributed by atoms with E-state index in [1.165, 1.54) is 4.90 Å². The number of anilines is 1. The monoisotopic (exact) mass is 362 g/mol. The van der Waals surface area contributed by atoms with Crippen LogP contribution in [0.15, 0.2) is 24.3 Å². The first-order chi connectivity index (χ1) is 12.2. The number of esters is 1. The van der Waals surface area contributed by atoms with Gasteiger partial charge in [0.1, 0.15) is 12.3 Å². The molecule has 2 rings (SSSR count). The summed E-state index contributed by atoms with van der Waals surface area (Å²) in [6.07, 6.45) is 0.231. The van der Waals surface area contributed by atoms with Crippen molar-refractivity contribution in [1.29, 1.82) is 0 Å². The Morgan fingerprint density at radius 2 is 2.00 bits per heavy atom. The number of rotatable bonds is 6. The Morgan fingerprint density at radius 3 is 2.65 bits per heavy atom. The minimum absolute atomic E-state index is 0.132. The van der Waals surface area contributed by atoms with Crippen molar-refractivity contribution in [3.8, 4) is 5.75 Å². The molecule has 0 saturated carbocycles. The van der Waals surface area contributed by atoms with E-state index in [2.05, 4.69) is 5.32 Å². The number of benzene rings is 1. The van der Waals surface area contributed by atoms with Gasteiger partial charge in [-0.3, -0.25) is 19.3 Å². The average Bonchev–Trinajstić information content (AvgIpc) is 2.55. The SMILES string of the molecule is CCC[C@H](OC(=O)CN1C(=O)COc2ccccc21)C(=O)NC(C)(C)C. The molecule has 1 aromatic carbocycles. The lowest BCUT2D eigenvalue weighted by molar-refractivity contribution is -0.156. The molecular formula is C19H26N2O5. The highest BCUT2D eigenvalue weighted by Gasteiger charge is 2.30. The summed E-state index contributed by atoms with van der Waals surface area (Å²) in [5.41, 5.74) is 0.0982. The van der Waals surface area contributed by atoms with E-state index >= 15 is 0 Å². The summed E-state index contributed by atoms with van der Waals surface area (Å²) in [5.74, 6) is -0.749. The van der Waals surface area contributed by atoms with Gasteiger partial charge in [0.2, 0.25) is 0 Å². The van der Waals surface area contributed by atoms with E-state index in [0.717, 1.165) is 0 Å². The highest BCUT2D eigenvalue weighted by atomic mass is 16.5. The molecule has 1 aliphatic rings. The van der Waals surface area contributed by atoms with Gasteiger partial charge >= 0.3 is 5.97 Å². The van der Waals surface area contributed by atoms with Gasteiger partial charge in [-0.05, 0) is 39.3 Å². The van der Waals surface area contributed by atoms with Crippen LogP contribution in [0.4, 0.5) is 5.69 Å². The van der Waals surface area contributed by atoms with E-state index in [4.69, 9.17) is 9.47 Å². The molecule has 1 aliphatic heterocycles. The lowest BCUT2D eigenvalue weighted by atomic mass is 10.1. The molecule has 0 spiro atoms. The summed E-state index contributed by atoms with van der Waals surface area (Å²) in [5, 5.41) is 2.82. The number of nitrogens with one attached hydrogen (secondary N) is 1. The number of para-hydroxylation sites is 2. The molecule has 0 saturated heterocycles. The Bertz CT molecular complexity index is 681. The molecule has 1 atom stereocenters. The van der Waals surface area contributed by atoms with Crippen LogP contribution in [0.5, 0.6) is 5.75 Å². The first kappa shape index (κ1) is 19.8. The topological polar surface area (TPSA) is 84.9 Å². The van der Waals surface area contributed by atoms with Crippen LogP contribution in [-0.4, -0.2) is 42.6 Å². The maximum absolute atomic E-state index is 12.4. The molecule has 2 amide bonds. The van der Waals surface area contributed by atoms with Gasteiger partial charge in [0.15, 0.2) is 12.7 Å². The Kier molecular flexibility index (Phi) is 6.23. The van der Waals surface area contributed by atoms with Crippen LogP contribution in [0.3, 0.4) is 0 Å². The quantitative estimate of drug-likeness (QED) is 0.783. The van der Waals surface area contributed by atoms with E-state index in [1.807, 2.05) is 27.7 Å². The summed E-state index contributed by atoms with van der Waals surface area (Å²) in [7, 11) is 0. The molecule has 0 radical (unpaired) electrons. The van der Waals surface area contributed by atoms with E-state index in [-0.39, 0.29) is 25.0 Å². The van der Waals surface area contributed by atoms with E-state index in [0.29, 0.717) is 24.3 Å². The molecule has 26 heavy (non-hydrogen) atoms. The normalized spacial score (nSPS) is 14.9. The minimum Gasteiger partial charge on any atom is -0.482 e. The molecule has 0 unspecified atom stereocenters. The number of carbonyl (C=O) groups is 3. The highest BCUT2D eigenvalue weighted by molar-refractivity contribution is 6.01. The maximum Gasteiger partial charge on any atom is 0.326 e. The zero-order valence-corrected chi connectivity index (χ0v) is 15.7. The Balaban J connectivity index is 2.06. The lowest BCUT2D eigenvalue weighted by Gasteiger charge is -2.29. The van der Waals surface area contributed by atoms with Crippen LogP contribution in [0, 0.1) is 0 Å². The second kappa shape index (κ2) is 8.21. The van der Waals surface area contributed by atoms with Crippen molar-refractivity contribution in [2.24, 2.45) is 0 Å². The first-order valence-corrected chi connectivity index (χ1v) is 8.75. The van der Waals surface area contributed by atoms with Crippen molar-refractivity contribution in [2.75, 3.05) is 18.1 Å². The van der Waals surface area contributed by atoms with E-state index in [1.54, 1.807) is 24.3 Å². The first-order valence-electron chi connectivity index (χ1n) is 8.75. The van der Waals surface area contributed by atoms with Crippen molar-refractivity contribution in [2.45, 2.75) is 52.2 Å². The van der Waals surface area contributed by atoms with Crippen LogP contribution in [-0.2, 0) is 19.1 Å². The third-order valence-corrected chi connectivity index (χ3v) is 3.71. The Labute approximate surface area is 153 Å². The van der Waals surface area contributed by atoms with Gasteiger partial charge in [-0.25, -0.2) is 0 Å². The summed E-state index contributed by atoms with van der Waals surface area (Å²) in [6.45, 7) is 7.10. The number of amides is 2. The van der Waals surface area contributed by atoms with Gasteiger partial charge in [-0.1, -0.05) is 25.5 Å². The molecule has 0 aromatic heterocycles. The molecule has 0 bridgehead atoms. The van der Waals surface area contributed by atoms with Crippen LogP contribution in [0.1, 0.15) is 40.5 Å². The summed E-state index contributed by atoms with van der Waals surface area (Å²) < 4.78 is 10.7. The standard InChI is InChI=1S/C19H26N2O5/c1-5-8-15(18(24)20-19(2,3)4)26-17(23)11-21-13-9-6-7-10-14(13)25-12-16(21)22/h6-7,9-10,15H,5,8,11-12H2,1-4H3,(H,20,24)/t15-/m0/s1. The molecule has 1 aromatic rings. The maximum atomic E-state index is 12.4. The predicted octanol–water partition coefficient (Wildman–Crippen LogP) is 2.04. The van der Waals surface area contributed by atoms with Crippen LogP contribution in [0.25, 0.3) is 0 Å². The second-order valence-corrected chi connectivity index (χ2v) is 7.24. The molecule has 142 valence electrons. The molecule has 7 heteroatoms. The Morgan fingerprint density at radius 1 is 1.31 bits per heavy atom. The smallest absolute Gasteiger partial charge is 0.326 e. The zero-order valence-electron chi connectivity index (χ0n) is 15.7. The van der Waals surface area contributed by atoms with Crippen molar-refractivity contribution < 1.29 is 23.9 Å². The van der Waals surface area contributed by atoms with Crippen LogP contribution < -0.4 is 15.0 Å². The lowest BCUT2D eigenvalue weighted by Crippen LogP contribution is -2.48. The van der Waals surface area contributed by atoms with Gasteiger partial charge in [0, 0.05) is 5.54 Å². The fourth-order valence-electron chi connectivity index (χ4n) is 2.61. The second-order valence-electron chi connectivity index (χ2n) is 7.24. The van der Waals surface area contributed by atoms with Crippen LogP contribution >= 0.6 is 0 Å². The third-order valence-electron chi connectivity index (χ3n) is 3.71. The number of nitrogens with zero attached hydrogens (tertiary/aromatic N) is 1. The molecular weight excluding hydrogens is 336 g/mol. The number of hydrogen-bond acceptors (Lipinski definition) is 5. The molecule has 0 fully saturated rings. The predicted molar refractivity (Wildman–Crippen MR) is 97.0 cm³/mol. The van der Waals surface area contributed by atoms with Crippen LogP contribution in [0.2, 0.25) is 0 Å². The summed E-state index contributed by atoms with van der Waals surface area (Å²) >= 11 is 0. The number of fused-ring (bicyclic) bond motifs is 1. The van der Waals surface area contributed by atoms with Crippen molar-refractivity contribution in [1.82, 2.24) is 5.32 Å². The number of carbonyl (C=O) groups excluding carboxylic acids is 3. The van der Waals surface area contributed by atoms with Gasteiger partial charge in [-0.15, -0.1) is 0 Å². The largest absolute Gasteiger partial charge is 0.482 e. The van der Waals surface area contributed by atoms with E-state index < -0.39 is 17.6 Å². The fourth-order valence-corrected chi connectivity index (χ4v) is 2.61. The minimum atomic E-state index is -0.877. The highest BCUT2D eigenvalue weighted by Crippen LogP contribution is 2.31. The van der Waals surface area contributed by atoms with Gasteiger partial charge in [0.05, 0.1) is 5.69 Å². The van der Waals surface area contributed by atoms with Crippen molar-refractivity contribution >= 4 is 23.5 Å². The third kappa shape index (κ3) is 5.21.